The Balaban J connectivity index is 2.07. The molecule has 146 valence electrons. The van der Waals surface area contributed by atoms with Crippen LogP contribution in [0.25, 0.3) is 0 Å². The Morgan fingerprint density at radius 2 is 1.89 bits per heavy atom. The molecule has 2 aromatic carbocycles. The zero-order valence-corrected chi connectivity index (χ0v) is 16.1. The molecule has 0 radical (unpaired) electrons. The second kappa shape index (κ2) is 9.36. The summed E-state index contributed by atoms with van der Waals surface area (Å²) in [4.78, 5) is 24.1. The number of amides is 2. The van der Waals surface area contributed by atoms with E-state index in [-0.39, 0.29) is 11.5 Å². The third kappa shape index (κ3) is 4.97. The summed E-state index contributed by atoms with van der Waals surface area (Å²) < 4.78 is 5.13. The van der Waals surface area contributed by atoms with Gasteiger partial charge in [0.1, 0.15) is 0 Å². The number of carbonyl (C=O) groups excluding carboxylic acids is 2. The van der Waals surface area contributed by atoms with E-state index in [2.05, 4.69) is 22.4 Å². The number of aryl methyl sites for hydroxylation is 2. The fourth-order valence-electron chi connectivity index (χ4n) is 2.63. The van der Waals surface area contributed by atoms with Crippen LogP contribution in [-0.2, 0) is 16.0 Å². The highest BCUT2D eigenvalue weighted by molar-refractivity contribution is 6.39. The largest absolute Gasteiger partial charge is 0.504 e. The third-order valence-corrected chi connectivity index (χ3v) is 4.07. The van der Waals surface area contributed by atoms with Crippen LogP contribution in [0.3, 0.4) is 0 Å². The molecule has 0 saturated heterocycles. The quantitative estimate of drug-likeness (QED) is 0.310. The number of aromatic hydroxyl groups is 1. The number of carbonyl (C=O) groups is 2. The lowest BCUT2D eigenvalue weighted by Crippen LogP contribution is -2.32. The van der Waals surface area contributed by atoms with E-state index in [9.17, 15) is 14.7 Å². The number of para-hydroxylation sites is 1. The minimum Gasteiger partial charge on any atom is -0.504 e. The molecule has 0 unspecified atom stereocenters. The molecule has 0 atom stereocenters. The minimum atomic E-state index is -0.893. The minimum absolute atomic E-state index is 0.0246. The van der Waals surface area contributed by atoms with E-state index in [1.54, 1.807) is 18.2 Å². The van der Waals surface area contributed by atoms with E-state index in [0.717, 1.165) is 11.1 Å². The van der Waals surface area contributed by atoms with Crippen LogP contribution in [0.1, 0.15) is 22.3 Å². The van der Waals surface area contributed by atoms with Gasteiger partial charge in [-0.1, -0.05) is 24.3 Å². The summed E-state index contributed by atoms with van der Waals surface area (Å²) >= 11 is 0. The van der Waals surface area contributed by atoms with Crippen molar-refractivity contribution in [2.24, 2.45) is 5.10 Å². The van der Waals surface area contributed by atoms with Crippen molar-refractivity contribution < 1.29 is 19.4 Å². The summed E-state index contributed by atoms with van der Waals surface area (Å²) in [6.07, 6.45) is 3.45. The van der Waals surface area contributed by atoms with Gasteiger partial charge in [0.05, 0.1) is 13.3 Å². The van der Waals surface area contributed by atoms with Crippen molar-refractivity contribution in [1.29, 1.82) is 0 Å². The highest BCUT2D eigenvalue weighted by Gasteiger charge is 2.15. The Labute approximate surface area is 163 Å². The predicted octanol–water partition coefficient (Wildman–Crippen LogP) is 2.83. The molecule has 2 amide bonds. The van der Waals surface area contributed by atoms with Gasteiger partial charge in [-0.15, -0.1) is 6.58 Å². The van der Waals surface area contributed by atoms with Gasteiger partial charge in [0.25, 0.3) is 0 Å². The molecule has 0 heterocycles. The zero-order chi connectivity index (χ0) is 20.7. The molecule has 0 bridgehead atoms. The molecule has 0 fully saturated rings. The number of nitrogens with zero attached hydrogens (tertiary/aromatic N) is 1. The maximum atomic E-state index is 12.1. The van der Waals surface area contributed by atoms with E-state index >= 15 is 0 Å². The summed E-state index contributed by atoms with van der Waals surface area (Å²) in [7, 11) is 1.44. The van der Waals surface area contributed by atoms with Crippen LogP contribution < -0.4 is 15.5 Å². The maximum absolute atomic E-state index is 12.1. The van der Waals surface area contributed by atoms with E-state index in [4.69, 9.17) is 4.74 Å². The molecule has 0 aliphatic carbocycles. The van der Waals surface area contributed by atoms with Gasteiger partial charge in [-0.2, -0.15) is 5.10 Å². The zero-order valence-electron chi connectivity index (χ0n) is 16.1. The van der Waals surface area contributed by atoms with Gasteiger partial charge in [-0.25, -0.2) is 5.43 Å². The summed E-state index contributed by atoms with van der Waals surface area (Å²) in [5.74, 6) is -1.40. The molecule has 0 aliphatic rings. The number of anilines is 1. The predicted molar refractivity (Wildman–Crippen MR) is 109 cm³/mol. The van der Waals surface area contributed by atoms with Crippen LogP contribution >= 0.6 is 0 Å². The monoisotopic (exact) mass is 381 g/mol. The first kappa shape index (κ1) is 20.7. The van der Waals surface area contributed by atoms with Crippen LogP contribution in [0.15, 0.2) is 48.1 Å². The van der Waals surface area contributed by atoms with E-state index in [0.29, 0.717) is 23.2 Å². The highest BCUT2D eigenvalue weighted by atomic mass is 16.5. The molecule has 7 nitrogen and oxygen atoms in total. The molecule has 28 heavy (non-hydrogen) atoms. The first-order chi connectivity index (χ1) is 13.4. The van der Waals surface area contributed by atoms with E-state index in [1.807, 2.05) is 32.0 Å². The van der Waals surface area contributed by atoms with Crippen LogP contribution in [0.2, 0.25) is 0 Å². The summed E-state index contributed by atoms with van der Waals surface area (Å²) in [6.45, 7) is 7.34. The lowest BCUT2D eigenvalue weighted by Gasteiger charge is -2.10. The first-order valence-electron chi connectivity index (χ1n) is 8.58. The van der Waals surface area contributed by atoms with Crippen molar-refractivity contribution in [2.45, 2.75) is 20.3 Å². The van der Waals surface area contributed by atoms with Crippen molar-refractivity contribution in [3.8, 4) is 11.5 Å². The molecule has 0 aromatic heterocycles. The van der Waals surface area contributed by atoms with Crippen LogP contribution in [-0.4, -0.2) is 30.2 Å². The SMILES string of the molecule is C=CCc1cc(/C=N/NC(=O)C(=O)Nc2c(C)cccc2C)cc(OC)c1O. The number of methoxy groups -OCH3 is 1. The molecule has 2 aromatic rings. The molecule has 3 N–H and O–H groups in total. The molecule has 0 spiro atoms. The normalized spacial score (nSPS) is 10.5. The number of hydrazone groups is 1. The summed E-state index contributed by atoms with van der Waals surface area (Å²) in [6, 6.07) is 8.81. The number of nitrogens with one attached hydrogen (secondary N) is 2. The average molecular weight is 381 g/mol. The maximum Gasteiger partial charge on any atom is 0.329 e. The molecule has 7 heteroatoms. The second-order valence-electron chi connectivity index (χ2n) is 6.14. The van der Waals surface area contributed by atoms with Gasteiger partial charge in [-0.05, 0) is 49.1 Å². The van der Waals surface area contributed by atoms with E-state index < -0.39 is 11.8 Å². The van der Waals surface area contributed by atoms with Gasteiger partial charge >= 0.3 is 11.8 Å². The Hall–Kier alpha value is -3.61. The molecular weight excluding hydrogens is 358 g/mol. The van der Waals surface area contributed by atoms with Gasteiger partial charge in [0, 0.05) is 11.3 Å². The van der Waals surface area contributed by atoms with Gasteiger partial charge < -0.3 is 15.2 Å². The van der Waals surface area contributed by atoms with Crippen molar-refractivity contribution in [3.05, 3.63) is 65.2 Å². The fourth-order valence-corrected chi connectivity index (χ4v) is 2.63. The number of hydrogen-bond acceptors (Lipinski definition) is 5. The van der Waals surface area contributed by atoms with Gasteiger partial charge in [-0.3, -0.25) is 9.59 Å². The number of phenolic OH excluding ortho intramolecular Hbond substituents is 1. The lowest BCUT2D eigenvalue weighted by molar-refractivity contribution is -0.136. The van der Waals surface area contributed by atoms with Crippen molar-refractivity contribution >= 4 is 23.7 Å². The smallest absolute Gasteiger partial charge is 0.329 e. The van der Waals surface area contributed by atoms with Crippen molar-refractivity contribution in [2.75, 3.05) is 12.4 Å². The Morgan fingerprint density at radius 1 is 1.21 bits per heavy atom. The van der Waals surface area contributed by atoms with Crippen molar-refractivity contribution in [3.63, 3.8) is 0 Å². The van der Waals surface area contributed by atoms with Crippen LogP contribution in [0.4, 0.5) is 5.69 Å². The number of allylic oxidation sites excluding steroid dienone is 1. The fraction of sp³-hybridized carbons (Fsp3) is 0.190. The average Bonchev–Trinajstić information content (AvgIpc) is 2.67. The van der Waals surface area contributed by atoms with Gasteiger partial charge in [0.15, 0.2) is 11.5 Å². The van der Waals surface area contributed by atoms with E-state index in [1.165, 1.54) is 13.3 Å². The van der Waals surface area contributed by atoms with Crippen LogP contribution in [0.5, 0.6) is 11.5 Å². The molecular formula is C21H23N3O4. The Kier molecular flexibility index (Phi) is 6.92. The Bertz CT molecular complexity index is 915. The van der Waals surface area contributed by atoms with Crippen LogP contribution in [0, 0.1) is 13.8 Å². The Morgan fingerprint density at radius 3 is 2.50 bits per heavy atom. The number of ether oxygens (including phenoxy) is 1. The summed E-state index contributed by atoms with van der Waals surface area (Å²) in [5.41, 5.74) is 5.70. The molecule has 2 rings (SSSR count). The second-order valence-corrected chi connectivity index (χ2v) is 6.14. The van der Waals surface area contributed by atoms with Gasteiger partial charge in [0.2, 0.25) is 0 Å². The third-order valence-electron chi connectivity index (χ3n) is 4.07. The first-order valence-corrected chi connectivity index (χ1v) is 8.58. The molecule has 0 aliphatic heterocycles. The number of rotatable bonds is 6. The topological polar surface area (TPSA) is 100 Å². The van der Waals surface area contributed by atoms with Crippen molar-refractivity contribution in [1.82, 2.24) is 5.43 Å². The number of hydrogen-bond donors (Lipinski definition) is 3. The lowest BCUT2D eigenvalue weighted by atomic mass is 10.1. The molecule has 0 saturated carbocycles. The number of phenols is 1. The number of benzene rings is 2. The standard InChI is InChI=1S/C21H23N3O4/c1-5-7-16-10-15(11-17(28-4)19(16)25)12-22-24-21(27)20(26)23-18-13(2)8-6-9-14(18)3/h5-6,8-12,25H,1,7H2,2-4H3,(H,23,26)(H,24,27)/b22-12+. The highest BCUT2D eigenvalue weighted by Crippen LogP contribution is 2.31. The summed E-state index contributed by atoms with van der Waals surface area (Å²) in [5, 5.41) is 16.5.